The monoisotopic (exact) mass is 466 g/mol. The van der Waals surface area contributed by atoms with Crippen LogP contribution in [0.1, 0.15) is 0 Å². The van der Waals surface area contributed by atoms with Crippen molar-refractivity contribution in [1.29, 1.82) is 0 Å². The maximum Gasteiger partial charge on any atom is 0.132 e. The number of ether oxygens (including phenoxy) is 2. The zero-order chi connectivity index (χ0) is 13.1. The van der Waals surface area contributed by atoms with Crippen molar-refractivity contribution in [3.63, 3.8) is 0 Å². The SMILES string of the molecule is COc1ccc(-c2ccc(OC)c(I)c2)cc1I. The lowest BCUT2D eigenvalue weighted by molar-refractivity contribution is 0.411. The average molecular weight is 466 g/mol. The predicted molar refractivity (Wildman–Crippen MR) is 90.4 cm³/mol. The van der Waals surface area contributed by atoms with Crippen molar-refractivity contribution < 1.29 is 9.47 Å². The zero-order valence-corrected chi connectivity index (χ0v) is 14.4. The lowest BCUT2D eigenvalue weighted by atomic mass is 10.1. The minimum Gasteiger partial charge on any atom is -0.496 e. The highest BCUT2D eigenvalue weighted by Gasteiger charge is 2.06. The topological polar surface area (TPSA) is 18.5 Å². The third kappa shape index (κ3) is 2.90. The van der Waals surface area contributed by atoms with Gasteiger partial charge in [-0.25, -0.2) is 0 Å². The van der Waals surface area contributed by atoms with Gasteiger partial charge in [-0.1, -0.05) is 12.1 Å². The van der Waals surface area contributed by atoms with E-state index >= 15 is 0 Å². The number of methoxy groups -OCH3 is 2. The van der Waals surface area contributed by atoms with Crippen LogP contribution in [0, 0.1) is 7.14 Å². The van der Waals surface area contributed by atoms with Gasteiger partial charge in [-0.2, -0.15) is 0 Å². The number of benzene rings is 2. The van der Waals surface area contributed by atoms with Gasteiger partial charge in [0.15, 0.2) is 0 Å². The van der Waals surface area contributed by atoms with E-state index in [1.54, 1.807) is 14.2 Å². The van der Waals surface area contributed by atoms with E-state index < -0.39 is 0 Å². The summed E-state index contributed by atoms with van der Waals surface area (Å²) in [5, 5.41) is 0. The van der Waals surface area contributed by atoms with Crippen molar-refractivity contribution in [1.82, 2.24) is 0 Å². The van der Waals surface area contributed by atoms with Crippen molar-refractivity contribution >= 4 is 45.2 Å². The molecule has 2 nitrogen and oxygen atoms in total. The first-order chi connectivity index (χ1) is 8.65. The smallest absolute Gasteiger partial charge is 0.132 e. The fraction of sp³-hybridized carbons (Fsp3) is 0.143. The normalized spacial score (nSPS) is 10.2. The number of hydrogen-bond donors (Lipinski definition) is 0. The Morgan fingerprint density at radius 1 is 0.722 bits per heavy atom. The van der Waals surface area contributed by atoms with E-state index in [1.165, 1.54) is 11.1 Å². The lowest BCUT2D eigenvalue weighted by Gasteiger charge is -2.09. The zero-order valence-electron chi connectivity index (χ0n) is 10.0. The molecule has 4 heteroatoms. The number of halogens is 2. The molecule has 0 bridgehead atoms. The van der Waals surface area contributed by atoms with Crippen molar-refractivity contribution in [3.8, 4) is 22.6 Å². The van der Waals surface area contributed by atoms with Gasteiger partial charge < -0.3 is 9.47 Å². The molecule has 0 aromatic heterocycles. The highest BCUT2D eigenvalue weighted by molar-refractivity contribution is 14.1. The van der Waals surface area contributed by atoms with Crippen LogP contribution in [0.25, 0.3) is 11.1 Å². The summed E-state index contributed by atoms with van der Waals surface area (Å²) >= 11 is 4.57. The molecule has 0 fully saturated rings. The van der Waals surface area contributed by atoms with E-state index in [9.17, 15) is 0 Å². The Balaban J connectivity index is 2.42. The molecule has 94 valence electrons. The Hall–Kier alpha value is -0.500. The molecule has 0 saturated heterocycles. The molecule has 0 heterocycles. The molecular weight excluding hydrogens is 454 g/mol. The van der Waals surface area contributed by atoms with Crippen molar-refractivity contribution in [3.05, 3.63) is 43.5 Å². The summed E-state index contributed by atoms with van der Waals surface area (Å²) in [6.45, 7) is 0. The van der Waals surface area contributed by atoms with Gasteiger partial charge in [-0.05, 0) is 80.6 Å². The maximum atomic E-state index is 5.27. The van der Waals surface area contributed by atoms with Crippen LogP contribution >= 0.6 is 45.2 Å². The van der Waals surface area contributed by atoms with Crippen molar-refractivity contribution in [2.24, 2.45) is 0 Å². The summed E-state index contributed by atoms with van der Waals surface area (Å²) in [4.78, 5) is 0. The largest absolute Gasteiger partial charge is 0.496 e. The van der Waals surface area contributed by atoms with Crippen LogP contribution in [0.4, 0.5) is 0 Å². The quantitative estimate of drug-likeness (QED) is 0.618. The van der Waals surface area contributed by atoms with E-state index in [2.05, 4.69) is 69.4 Å². The van der Waals surface area contributed by atoms with Gasteiger partial charge in [0.2, 0.25) is 0 Å². The van der Waals surface area contributed by atoms with Crippen molar-refractivity contribution in [2.75, 3.05) is 14.2 Å². The molecule has 0 atom stereocenters. The number of hydrogen-bond acceptors (Lipinski definition) is 2. The Morgan fingerprint density at radius 3 is 1.39 bits per heavy atom. The standard InChI is InChI=1S/C14H12I2O2/c1-17-13-5-3-9(7-11(13)15)10-4-6-14(18-2)12(16)8-10/h3-8H,1-2H3. The van der Waals surface area contributed by atoms with Crippen LogP contribution in [0.5, 0.6) is 11.5 Å². The summed E-state index contributed by atoms with van der Waals surface area (Å²) in [6.07, 6.45) is 0. The lowest BCUT2D eigenvalue weighted by Crippen LogP contribution is -1.89. The molecule has 2 rings (SSSR count). The highest BCUT2D eigenvalue weighted by Crippen LogP contribution is 2.31. The summed E-state index contributed by atoms with van der Waals surface area (Å²) in [5.41, 5.74) is 2.36. The van der Waals surface area contributed by atoms with E-state index in [-0.39, 0.29) is 0 Å². The van der Waals surface area contributed by atoms with Gasteiger partial charge >= 0.3 is 0 Å². The van der Waals surface area contributed by atoms with Crippen LogP contribution in [0.15, 0.2) is 36.4 Å². The number of rotatable bonds is 3. The molecule has 0 aliphatic rings. The van der Waals surface area contributed by atoms with Crippen LogP contribution in [0.3, 0.4) is 0 Å². The van der Waals surface area contributed by atoms with Gasteiger partial charge in [-0.15, -0.1) is 0 Å². The van der Waals surface area contributed by atoms with Crippen LogP contribution < -0.4 is 9.47 Å². The summed E-state index contributed by atoms with van der Waals surface area (Å²) in [6, 6.07) is 12.4. The third-order valence-electron chi connectivity index (χ3n) is 2.64. The molecule has 0 saturated carbocycles. The second-order valence-corrected chi connectivity index (χ2v) is 6.02. The van der Waals surface area contributed by atoms with Gasteiger partial charge in [-0.3, -0.25) is 0 Å². The summed E-state index contributed by atoms with van der Waals surface area (Å²) in [5.74, 6) is 1.81. The van der Waals surface area contributed by atoms with E-state index in [4.69, 9.17) is 9.47 Å². The molecule has 0 radical (unpaired) electrons. The molecule has 0 spiro atoms. The van der Waals surface area contributed by atoms with E-state index in [0.29, 0.717) is 0 Å². The first-order valence-corrected chi connectivity index (χ1v) is 7.49. The van der Waals surface area contributed by atoms with Gasteiger partial charge in [0.25, 0.3) is 0 Å². The maximum absolute atomic E-state index is 5.27. The van der Waals surface area contributed by atoms with Crippen LogP contribution in [-0.2, 0) is 0 Å². The summed E-state index contributed by atoms with van der Waals surface area (Å²) in [7, 11) is 3.38. The molecule has 0 N–H and O–H groups in total. The second-order valence-electron chi connectivity index (χ2n) is 3.70. The third-order valence-corrected chi connectivity index (χ3v) is 4.32. The average Bonchev–Trinajstić information content (AvgIpc) is 2.38. The van der Waals surface area contributed by atoms with E-state index in [0.717, 1.165) is 18.6 Å². The first kappa shape index (κ1) is 13.9. The minimum absolute atomic E-state index is 0.905. The van der Waals surface area contributed by atoms with Gasteiger partial charge in [0.05, 0.1) is 21.4 Å². The minimum atomic E-state index is 0.905. The fourth-order valence-corrected chi connectivity index (χ4v) is 3.16. The molecule has 0 aliphatic carbocycles. The Kier molecular flexibility index (Phi) is 4.71. The summed E-state index contributed by atoms with van der Waals surface area (Å²) < 4.78 is 12.8. The van der Waals surface area contributed by atoms with Crippen LogP contribution in [0.2, 0.25) is 0 Å². The highest BCUT2D eigenvalue weighted by atomic mass is 127. The molecule has 2 aromatic rings. The Bertz CT molecular complexity index is 516. The van der Waals surface area contributed by atoms with Crippen molar-refractivity contribution in [2.45, 2.75) is 0 Å². The first-order valence-electron chi connectivity index (χ1n) is 5.33. The molecule has 0 unspecified atom stereocenters. The Morgan fingerprint density at radius 2 is 1.11 bits per heavy atom. The van der Waals surface area contributed by atoms with Crippen LogP contribution in [-0.4, -0.2) is 14.2 Å². The molecule has 0 amide bonds. The van der Waals surface area contributed by atoms with Gasteiger partial charge in [0, 0.05) is 0 Å². The second kappa shape index (κ2) is 6.10. The predicted octanol–water partition coefficient (Wildman–Crippen LogP) is 4.58. The Labute approximate surface area is 134 Å². The fourth-order valence-electron chi connectivity index (χ4n) is 1.69. The van der Waals surface area contributed by atoms with Gasteiger partial charge in [0.1, 0.15) is 11.5 Å². The molecule has 2 aromatic carbocycles. The molecular formula is C14H12I2O2. The van der Waals surface area contributed by atoms with E-state index in [1.807, 2.05) is 12.1 Å². The molecule has 0 aliphatic heterocycles. The molecule has 18 heavy (non-hydrogen) atoms.